The lowest BCUT2D eigenvalue weighted by Crippen LogP contribution is -2.36. The average Bonchev–Trinajstić information content (AvgIpc) is 2.52. The summed E-state index contributed by atoms with van der Waals surface area (Å²) in [6.45, 7) is 9.92. The molecule has 1 atom stereocenters. The standard InChI is InChI=1S/C16H28N4/c1-4-9-17-15-14(6-3)16(19-12-18-15)20-10-7-8-13(5-2)11-20/h12-13H,4-11H2,1-3H3,(H,17,18,19). The maximum atomic E-state index is 4.59. The van der Waals surface area contributed by atoms with Gasteiger partial charge in [0.15, 0.2) is 0 Å². The van der Waals surface area contributed by atoms with Gasteiger partial charge in [0.05, 0.1) is 0 Å². The third-order valence-electron chi connectivity index (χ3n) is 4.21. The van der Waals surface area contributed by atoms with E-state index in [4.69, 9.17) is 0 Å². The van der Waals surface area contributed by atoms with Crippen molar-refractivity contribution < 1.29 is 0 Å². The van der Waals surface area contributed by atoms with E-state index in [-0.39, 0.29) is 0 Å². The minimum Gasteiger partial charge on any atom is -0.370 e. The third-order valence-corrected chi connectivity index (χ3v) is 4.21. The molecule has 0 radical (unpaired) electrons. The summed E-state index contributed by atoms with van der Waals surface area (Å²) in [7, 11) is 0. The van der Waals surface area contributed by atoms with E-state index in [0.29, 0.717) is 0 Å². The van der Waals surface area contributed by atoms with E-state index in [1.807, 2.05) is 0 Å². The maximum Gasteiger partial charge on any atom is 0.137 e. The van der Waals surface area contributed by atoms with Gasteiger partial charge in [-0.1, -0.05) is 27.2 Å². The highest BCUT2D eigenvalue weighted by Gasteiger charge is 2.22. The topological polar surface area (TPSA) is 41.1 Å². The van der Waals surface area contributed by atoms with E-state index < -0.39 is 0 Å². The Bertz CT molecular complexity index is 419. The van der Waals surface area contributed by atoms with Crippen molar-refractivity contribution in [1.29, 1.82) is 0 Å². The summed E-state index contributed by atoms with van der Waals surface area (Å²) < 4.78 is 0. The Morgan fingerprint density at radius 1 is 1.30 bits per heavy atom. The Hall–Kier alpha value is -1.32. The molecule has 4 heteroatoms. The first-order chi connectivity index (χ1) is 9.80. The molecule has 112 valence electrons. The monoisotopic (exact) mass is 276 g/mol. The molecule has 0 spiro atoms. The molecular weight excluding hydrogens is 248 g/mol. The van der Waals surface area contributed by atoms with Gasteiger partial charge < -0.3 is 10.2 Å². The lowest BCUT2D eigenvalue weighted by molar-refractivity contribution is 0.402. The summed E-state index contributed by atoms with van der Waals surface area (Å²) in [5.74, 6) is 2.99. The van der Waals surface area contributed by atoms with Crippen molar-refractivity contribution in [1.82, 2.24) is 9.97 Å². The Morgan fingerprint density at radius 2 is 2.15 bits per heavy atom. The normalized spacial score (nSPS) is 19.1. The Morgan fingerprint density at radius 3 is 2.85 bits per heavy atom. The number of rotatable bonds is 6. The van der Waals surface area contributed by atoms with E-state index in [1.54, 1.807) is 6.33 Å². The van der Waals surface area contributed by atoms with Crippen LogP contribution in [0.5, 0.6) is 0 Å². The van der Waals surface area contributed by atoms with Gasteiger partial charge in [0.25, 0.3) is 0 Å². The molecule has 1 aromatic heterocycles. The van der Waals surface area contributed by atoms with Gasteiger partial charge in [0, 0.05) is 25.2 Å². The highest BCUT2D eigenvalue weighted by atomic mass is 15.2. The molecule has 1 aromatic rings. The smallest absolute Gasteiger partial charge is 0.137 e. The van der Waals surface area contributed by atoms with Crippen LogP contribution in [0.15, 0.2) is 6.33 Å². The van der Waals surface area contributed by atoms with Crippen LogP contribution in [0.2, 0.25) is 0 Å². The number of nitrogens with zero attached hydrogens (tertiary/aromatic N) is 3. The van der Waals surface area contributed by atoms with Gasteiger partial charge in [-0.3, -0.25) is 0 Å². The summed E-state index contributed by atoms with van der Waals surface area (Å²) >= 11 is 0. The fourth-order valence-electron chi connectivity index (χ4n) is 2.99. The molecule has 1 aliphatic rings. The molecule has 2 heterocycles. The molecule has 1 saturated heterocycles. The zero-order valence-corrected chi connectivity index (χ0v) is 13.2. The average molecular weight is 276 g/mol. The zero-order valence-electron chi connectivity index (χ0n) is 13.2. The number of nitrogens with one attached hydrogen (secondary N) is 1. The number of aromatic nitrogens is 2. The van der Waals surface area contributed by atoms with Gasteiger partial charge in [-0.15, -0.1) is 0 Å². The van der Waals surface area contributed by atoms with Crippen molar-refractivity contribution >= 4 is 11.6 Å². The number of anilines is 2. The SMILES string of the molecule is CCCNc1ncnc(N2CCCC(CC)C2)c1CC. The maximum absolute atomic E-state index is 4.59. The molecule has 1 N–H and O–H groups in total. The molecule has 0 amide bonds. The molecule has 0 saturated carbocycles. The molecule has 0 aromatic carbocycles. The first kappa shape index (κ1) is 15.1. The largest absolute Gasteiger partial charge is 0.370 e. The van der Waals surface area contributed by atoms with E-state index in [2.05, 4.69) is 41.0 Å². The number of hydrogen-bond acceptors (Lipinski definition) is 4. The quantitative estimate of drug-likeness (QED) is 0.863. The van der Waals surface area contributed by atoms with Gasteiger partial charge in [-0.2, -0.15) is 0 Å². The molecule has 20 heavy (non-hydrogen) atoms. The van der Waals surface area contributed by atoms with Crippen molar-refractivity contribution in [3.05, 3.63) is 11.9 Å². The molecule has 0 aliphatic carbocycles. The van der Waals surface area contributed by atoms with Crippen LogP contribution in [0, 0.1) is 5.92 Å². The van der Waals surface area contributed by atoms with Gasteiger partial charge in [0.2, 0.25) is 0 Å². The second kappa shape index (κ2) is 7.46. The predicted molar refractivity (Wildman–Crippen MR) is 85.4 cm³/mol. The fraction of sp³-hybridized carbons (Fsp3) is 0.750. The second-order valence-corrected chi connectivity index (χ2v) is 5.67. The summed E-state index contributed by atoms with van der Waals surface area (Å²) in [6, 6.07) is 0. The molecular formula is C16H28N4. The fourth-order valence-corrected chi connectivity index (χ4v) is 2.99. The van der Waals surface area contributed by atoms with E-state index >= 15 is 0 Å². The van der Waals surface area contributed by atoms with E-state index in [1.165, 1.54) is 24.8 Å². The van der Waals surface area contributed by atoms with Crippen molar-refractivity contribution in [3.63, 3.8) is 0 Å². The minimum atomic E-state index is 0.815. The Labute approximate surface area is 123 Å². The highest BCUT2D eigenvalue weighted by Crippen LogP contribution is 2.29. The van der Waals surface area contributed by atoms with Gasteiger partial charge in [-0.25, -0.2) is 9.97 Å². The number of piperidine rings is 1. The molecule has 1 fully saturated rings. The summed E-state index contributed by atoms with van der Waals surface area (Å²) in [5, 5.41) is 3.44. The van der Waals surface area contributed by atoms with Crippen LogP contribution in [0.1, 0.15) is 52.0 Å². The van der Waals surface area contributed by atoms with Crippen LogP contribution < -0.4 is 10.2 Å². The highest BCUT2D eigenvalue weighted by molar-refractivity contribution is 5.59. The van der Waals surface area contributed by atoms with Crippen molar-refractivity contribution in [2.45, 2.75) is 52.9 Å². The van der Waals surface area contributed by atoms with Crippen LogP contribution in [0.25, 0.3) is 0 Å². The predicted octanol–water partition coefficient (Wildman–Crippen LogP) is 3.49. The molecule has 2 rings (SSSR count). The lowest BCUT2D eigenvalue weighted by Gasteiger charge is -2.34. The van der Waals surface area contributed by atoms with E-state index in [0.717, 1.165) is 50.0 Å². The van der Waals surface area contributed by atoms with Gasteiger partial charge in [-0.05, 0) is 31.6 Å². The molecule has 1 unspecified atom stereocenters. The third kappa shape index (κ3) is 3.41. The van der Waals surface area contributed by atoms with Crippen molar-refractivity contribution in [2.75, 3.05) is 29.9 Å². The van der Waals surface area contributed by atoms with Crippen LogP contribution in [-0.2, 0) is 6.42 Å². The minimum absolute atomic E-state index is 0.815. The first-order valence-electron chi connectivity index (χ1n) is 8.12. The second-order valence-electron chi connectivity index (χ2n) is 5.67. The van der Waals surface area contributed by atoms with Crippen molar-refractivity contribution in [2.24, 2.45) is 5.92 Å². The molecule has 0 bridgehead atoms. The summed E-state index contributed by atoms with van der Waals surface area (Å²) in [6.07, 6.45) is 7.72. The zero-order chi connectivity index (χ0) is 14.4. The van der Waals surface area contributed by atoms with Gasteiger partial charge in [0.1, 0.15) is 18.0 Å². The van der Waals surface area contributed by atoms with E-state index in [9.17, 15) is 0 Å². The van der Waals surface area contributed by atoms with Gasteiger partial charge >= 0.3 is 0 Å². The van der Waals surface area contributed by atoms with Crippen LogP contribution in [0.4, 0.5) is 11.6 Å². The van der Waals surface area contributed by atoms with Crippen molar-refractivity contribution in [3.8, 4) is 0 Å². The Balaban J connectivity index is 2.21. The first-order valence-corrected chi connectivity index (χ1v) is 8.12. The molecule has 1 aliphatic heterocycles. The number of hydrogen-bond donors (Lipinski definition) is 1. The van der Waals surface area contributed by atoms with Crippen LogP contribution in [0.3, 0.4) is 0 Å². The summed E-state index contributed by atoms with van der Waals surface area (Å²) in [5.41, 5.74) is 1.28. The Kier molecular flexibility index (Phi) is 5.62. The van der Waals surface area contributed by atoms with Crippen LogP contribution in [-0.4, -0.2) is 29.6 Å². The molecule has 4 nitrogen and oxygen atoms in total. The van der Waals surface area contributed by atoms with Crippen LogP contribution >= 0.6 is 0 Å². The lowest BCUT2D eigenvalue weighted by atomic mass is 9.95. The summed E-state index contributed by atoms with van der Waals surface area (Å²) in [4.78, 5) is 11.5.